The number of aliphatic hydroxyl groups is 2. The molecule has 0 saturated heterocycles. The van der Waals surface area contributed by atoms with Gasteiger partial charge in [0.05, 0.1) is 23.0 Å². The van der Waals surface area contributed by atoms with E-state index in [2.05, 4.69) is 45.6 Å². The molecule has 1 aromatic carbocycles. The molecule has 0 amide bonds. The minimum Gasteiger partial charge on any atom is -0.390 e. The van der Waals surface area contributed by atoms with E-state index < -0.39 is 12.2 Å². The van der Waals surface area contributed by atoms with Gasteiger partial charge in [0.1, 0.15) is 29.7 Å². The van der Waals surface area contributed by atoms with Crippen molar-refractivity contribution in [1.29, 1.82) is 0 Å². The summed E-state index contributed by atoms with van der Waals surface area (Å²) < 4.78 is 1.98. The molecule has 3 fully saturated rings. The number of rotatable bonds is 7. The summed E-state index contributed by atoms with van der Waals surface area (Å²) in [6, 6.07) is 12.3. The maximum atomic E-state index is 11.1. The van der Waals surface area contributed by atoms with Crippen LogP contribution < -0.4 is 11.1 Å². The van der Waals surface area contributed by atoms with Crippen LogP contribution in [0.1, 0.15) is 37.3 Å². The van der Waals surface area contributed by atoms with Gasteiger partial charge in [-0.3, -0.25) is 0 Å². The first-order chi connectivity index (χ1) is 17.0. The van der Waals surface area contributed by atoms with E-state index in [0.717, 1.165) is 53.8 Å². The maximum Gasteiger partial charge on any atom is 0.145 e. The van der Waals surface area contributed by atoms with Gasteiger partial charge in [0.25, 0.3) is 0 Å². The highest BCUT2D eigenvalue weighted by molar-refractivity contribution is 5.86. The van der Waals surface area contributed by atoms with Gasteiger partial charge >= 0.3 is 0 Å². The predicted octanol–water partition coefficient (Wildman–Crippen LogP) is 3.30. The van der Waals surface area contributed by atoms with Gasteiger partial charge in [0.2, 0.25) is 0 Å². The number of pyridine rings is 1. The van der Waals surface area contributed by atoms with Gasteiger partial charge in [-0.2, -0.15) is 0 Å². The van der Waals surface area contributed by atoms with Crippen LogP contribution in [0.4, 0.5) is 11.6 Å². The fourth-order valence-electron chi connectivity index (χ4n) is 6.31. The van der Waals surface area contributed by atoms with Crippen LogP contribution in [0.5, 0.6) is 0 Å². The number of nitrogens with one attached hydrogen (secondary N) is 1. The summed E-state index contributed by atoms with van der Waals surface area (Å²) in [5.74, 6) is 2.37. The number of hydrogen-bond donors (Lipinski definition) is 4. The maximum absolute atomic E-state index is 11.1. The second kappa shape index (κ2) is 7.63. The summed E-state index contributed by atoms with van der Waals surface area (Å²) in [6.07, 6.45) is 6.97. The second-order valence-electron chi connectivity index (χ2n) is 10.7. The summed E-state index contributed by atoms with van der Waals surface area (Å²) in [5.41, 5.74) is 8.66. The summed E-state index contributed by atoms with van der Waals surface area (Å²) in [4.78, 5) is 13.3. The minimum atomic E-state index is -0.834. The van der Waals surface area contributed by atoms with Crippen molar-refractivity contribution < 1.29 is 10.2 Å². The lowest BCUT2D eigenvalue weighted by Gasteiger charge is -2.24. The van der Waals surface area contributed by atoms with E-state index in [1.54, 1.807) is 0 Å². The first-order valence-corrected chi connectivity index (χ1v) is 12.6. The van der Waals surface area contributed by atoms with Crippen LogP contribution in [0.2, 0.25) is 0 Å². The molecule has 8 heteroatoms. The Balaban J connectivity index is 1.10. The molecule has 5 atom stereocenters. The third-order valence-corrected chi connectivity index (χ3v) is 8.62. The van der Waals surface area contributed by atoms with Gasteiger partial charge in [-0.25, -0.2) is 15.0 Å². The van der Waals surface area contributed by atoms with Gasteiger partial charge < -0.3 is 25.8 Å². The number of nitrogens with zero attached hydrogens (tertiary/aromatic N) is 4. The quantitative estimate of drug-likeness (QED) is 0.327. The number of aromatic nitrogens is 4. The molecule has 180 valence electrons. The molecule has 0 radical (unpaired) electrons. The van der Waals surface area contributed by atoms with Crippen LogP contribution in [0, 0.1) is 17.3 Å². The number of anilines is 2. The van der Waals surface area contributed by atoms with Crippen molar-refractivity contribution in [3.63, 3.8) is 0 Å². The molecule has 5 N–H and O–H groups in total. The molecule has 3 aliphatic carbocycles. The highest BCUT2D eigenvalue weighted by Crippen LogP contribution is 2.69. The Labute approximate surface area is 203 Å². The molecule has 0 aliphatic heterocycles. The van der Waals surface area contributed by atoms with Crippen molar-refractivity contribution in [2.24, 2.45) is 17.3 Å². The average Bonchev–Trinajstić information content (AvgIpc) is 3.77. The normalized spacial score (nSPS) is 29.5. The van der Waals surface area contributed by atoms with Crippen LogP contribution in [-0.2, 0) is 6.42 Å². The fraction of sp³-hybridized carbons (Fsp3) is 0.444. The zero-order chi connectivity index (χ0) is 23.7. The van der Waals surface area contributed by atoms with E-state index in [1.165, 1.54) is 24.7 Å². The summed E-state index contributed by atoms with van der Waals surface area (Å²) in [6.45, 7) is 0.999. The van der Waals surface area contributed by atoms with Gasteiger partial charge in [-0.1, -0.05) is 12.1 Å². The van der Waals surface area contributed by atoms with Crippen molar-refractivity contribution in [2.75, 3.05) is 17.6 Å². The molecule has 4 aromatic rings. The number of aryl methyl sites for hydroxylation is 1. The van der Waals surface area contributed by atoms with E-state index in [0.29, 0.717) is 11.5 Å². The lowest BCUT2D eigenvalue weighted by Crippen LogP contribution is -2.34. The third kappa shape index (κ3) is 3.38. The number of aliphatic hydroxyl groups excluding tert-OH is 2. The van der Waals surface area contributed by atoms with Crippen molar-refractivity contribution in [3.8, 4) is 0 Å². The molecule has 0 bridgehead atoms. The Morgan fingerprint density at radius 1 is 1.11 bits per heavy atom. The predicted molar refractivity (Wildman–Crippen MR) is 135 cm³/mol. The van der Waals surface area contributed by atoms with Crippen molar-refractivity contribution in [2.45, 2.75) is 50.4 Å². The Hall–Kier alpha value is -3.23. The van der Waals surface area contributed by atoms with Gasteiger partial charge in [-0.05, 0) is 73.8 Å². The molecule has 0 unspecified atom stereocenters. The third-order valence-electron chi connectivity index (χ3n) is 8.62. The number of nitrogen functional groups attached to an aromatic ring is 1. The molecule has 3 aliphatic rings. The lowest BCUT2D eigenvalue weighted by molar-refractivity contribution is -0.0191. The standard InChI is InChI=1S/C27H30N6O2/c28-25-18-8-10-33(26(18)31-14-30-25)22-19-12-27(19,24(35)23(22)34)9-7-15-3-4-17-5-6-21(32-20(17)11-15)29-13-16-1-2-16/h3-6,8,10-11,14,16,19,22-24,34-35H,1-2,7,9,12-13H2,(H,29,32)(H2,28,30,31)/t19-,22-,23+,24+,27-/m1/s1. The number of nitrogens with two attached hydrogens (primary N) is 1. The minimum absolute atomic E-state index is 0.205. The summed E-state index contributed by atoms with van der Waals surface area (Å²) in [7, 11) is 0. The Kier molecular flexibility index (Phi) is 4.60. The van der Waals surface area contributed by atoms with E-state index in [1.807, 2.05) is 16.8 Å². The van der Waals surface area contributed by atoms with Crippen LogP contribution in [-0.4, -0.2) is 48.5 Å². The monoisotopic (exact) mass is 470 g/mol. The number of hydrogen-bond acceptors (Lipinski definition) is 7. The molecular formula is C27H30N6O2. The van der Waals surface area contributed by atoms with Gasteiger partial charge in [0.15, 0.2) is 0 Å². The molecule has 7 rings (SSSR count). The Morgan fingerprint density at radius 2 is 1.97 bits per heavy atom. The van der Waals surface area contributed by atoms with Crippen molar-refractivity contribution in [1.82, 2.24) is 19.5 Å². The molecule has 0 spiro atoms. The van der Waals surface area contributed by atoms with Gasteiger partial charge in [0, 0.05) is 23.5 Å². The van der Waals surface area contributed by atoms with Crippen LogP contribution in [0.15, 0.2) is 48.9 Å². The van der Waals surface area contributed by atoms with E-state index >= 15 is 0 Å². The van der Waals surface area contributed by atoms with Crippen LogP contribution >= 0.6 is 0 Å². The van der Waals surface area contributed by atoms with Crippen molar-refractivity contribution in [3.05, 3.63) is 54.5 Å². The average molecular weight is 471 g/mol. The molecular weight excluding hydrogens is 440 g/mol. The first kappa shape index (κ1) is 21.1. The molecule has 3 aromatic heterocycles. The van der Waals surface area contributed by atoms with Crippen LogP contribution in [0.3, 0.4) is 0 Å². The van der Waals surface area contributed by atoms with Crippen LogP contribution in [0.25, 0.3) is 21.9 Å². The van der Waals surface area contributed by atoms with E-state index in [-0.39, 0.29) is 17.4 Å². The summed E-state index contributed by atoms with van der Waals surface area (Å²) in [5, 5.41) is 27.5. The summed E-state index contributed by atoms with van der Waals surface area (Å²) >= 11 is 0. The molecule has 3 heterocycles. The topological polar surface area (TPSA) is 122 Å². The van der Waals surface area contributed by atoms with Crippen molar-refractivity contribution >= 4 is 33.6 Å². The van der Waals surface area contributed by atoms with Gasteiger partial charge in [-0.15, -0.1) is 0 Å². The van der Waals surface area contributed by atoms with E-state index in [4.69, 9.17) is 10.7 Å². The smallest absolute Gasteiger partial charge is 0.145 e. The lowest BCUT2D eigenvalue weighted by atomic mass is 9.91. The second-order valence-corrected chi connectivity index (χ2v) is 10.7. The molecule has 3 saturated carbocycles. The highest BCUT2D eigenvalue weighted by atomic mass is 16.3. The van der Waals surface area contributed by atoms with E-state index in [9.17, 15) is 10.2 Å². The zero-order valence-corrected chi connectivity index (χ0v) is 19.5. The SMILES string of the molecule is Nc1ncnc2c1ccn2[C@H]1[C@H](O)[C@H](O)[C@]2(CCc3ccc4ccc(NCC5CC5)nc4c3)C[C@H]12. The Bertz CT molecular complexity index is 1430. The molecule has 35 heavy (non-hydrogen) atoms. The largest absolute Gasteiger partial charge is 0.390 e. The Morgan fingerprint density at radius 3 is 2.83 bits per heavy atom. The number of fused-ring (bicyclic) bond motifs is 3. The first-order valence-electron chi connectivity index (χ1n) is 12.6. The number of benzene rings is 1. The molecule has 8 nitrogen and oxygen atoms in total. The fourth-order valence-corrected chi connectivity index (χ4v) is 6.31. The highest BCUT2D eigenvalue weighted by Gasteiger charge is 2.70. The zero-order valence-electron chi connectivity index (χ0n) is 19.5.